The minimum absolute atomic E-state index is 0. The molecule has 0 amide bonds. The number of aldehydes is 1. The van der Waals surface area contributed by atoms with Crippen LogP contribution in [0.4, 0.5) is 5.82 Å². The first-order chi connectivity index (χ1) is 8.22. The van der Waals surface area contributed by atoms with E-state index in [1.807, 2.05) is 24.3 Å². The fourth-order valence-corrected chi connectivity index (χ4v) is 2.25. The Bertz CT molecular complexity index is 546. The molecule has 5 heteroatoms. The molecule has 3 nitrogen and oxygen atoms in total. The van der Waals surface area contributed by atoms with E-state index in [0.717, 1.165) is 21.9 Å². The Morgan fingerprint density at radius 1 is 1.28 bits per heavy atom. The Morgan fingerprint density at radius 3 is 2.61 bits per heavy atom. The first-order valence-electron chi connectivity index (χ1n) is 5.13. The fraction of sp³-hybridized carbons (Fsp3) is 0.0769. The van der Waals surface area contributed by atoms with Gasteiger partial charge in [0.15, 0.2) is 0 Å². The van der Waals surface area contributed by atoms with E-state index in [2.05, 4.69) is 20.9 Å². The molecule has 1 heterocycles. The van der Waals surface area contributed by atoms with Gasteiger partial charge in [-0.25, -0.2) is 4.98 Å². The third-order valence-electron chi connectivity index (χ3n) is 2.54. The Hall–Kier alpha value is -1.20. The number of hydrogen-bond acceptors (Lipinski definition) is 3. The minimum Gasteiger partial charge on any atom is -0.384 e. The number of carbonyl (C=O) groups excluding carboxylic acids is 1. The van der Waals surface area contributed by atoms with Gasteiger partial charge in [0.2, 0.25) is 0 Å². The molecule has 1 aromatic heterocycles. The molecule has 0 bridgehead atoms. The second kappa shape index (κ2) is 6.66. The highest BCUT2D eigenvalue weighted by Crippen LogP contribution is 2.29. The van der Waals surface area contributed by atoms with Crippen LogP contribution in [0.3, 0.4) is 0 Å². The Kier molecular flexibility index (Phi) is 5.50. The minimum atomic E-state index is -0.323. The zero-order valence-electron chi connectivity index (χ0n) is 9.42. The SMILES string of the molecule is Br.Nc1cc(C(C=O)c2ccccc2Br)ccn1. The molecule has 1 atom stereocenters. The number of rotatable bonds is 3. The first-order valence-corrected chi connectivity index (χ1v) is 5.93. The molecular formula is C13H12Br2N2O. The van der Waals surface area contributed by atoms with Crippen molar-refractivity contribution in [3.8, 4) is 0 Å². The summed E-state index contributed by atoms with van der Waals surface area (Å²) in [4.78, 5) is 15.2. The molecule has 0 saturated heterocycles. The average molecular weight is 372 g/mol. The highest BCUT2D eigenvalue weighted by atomic mass is 79.9. The third kappa shape index (κ3) is 3.17. The van der Waals surface area contributed by atoms with Crippen LogP contribution in [0.25, 0.3) is 0 Å². The Labute approximate surface area is 124 Å². The summed E-state index contributed by atoms with van der Waals surface area (Å²) in [6.45, 7) is 0. The van der Waals surface area contributed by atoms with Crippen LogP contribution in [-0.4, -0.2) is 11.3 Å². The van der Waals surface area contributed by atoms with Crippen molar-refractivity contribution in [2.75, 3.05) is 5.73 Å². The molecule has 0 spiro atoms. The molecule has 94 valence electrons. The number of nitrogens with two attached hydrogens (primary N) is 1. The van der Waals surface area contributed by atoms with E-state index in [-0.39, 0.29) is 22.9 Å². The normalized spacial score (nSPS) is 11.4. The lowest BCUT2D eigenvalue weighted by Crippen LogP contribution is -2.04. The van der Waals surface area contributed by atoms with Gasteiger partial charge in [0.25, 0.3) is 0 Å². The third-order valence-corrected chi connectivity index (χ3v) is 3.26. The second-order valence-electron chi connectivity index (χ2n) is 3.65. The number of aromatic nitrogens is 1. The molecule has 1 unspecified atom stereocenters. The molecule has 0 aliphatic carbocycles. The van der Waals surface area contributed by atoms with Crippen LogP contribution in [0, 0.1) is 0 Å². The summed E-state index contributed by atoms with van der Waals surface area (Å²) < 4.78 is 0.910. The predicted molar refractivity (Wildman–Crippen MR) is 81.0 cm³/mol. The molecule has 18 heavy (non-hydrogen) atoms. The smallest absolute Gasteiger partial charge is 0.131 e. The van der Waals surface area contributed by atoms with Crippen molar-refractivity contribution in [3.63, 3.8) is 0 Å². The molecule has 2 N–H and O–H groups in total. The van der Waals surface area contributed by atoms with Gasteiger partial charge in [0, 0.05) is 10.7 Å². The summed E-state index contributed by atoms with van der Waals surface area (Å²) in [5.41, 5.74) is 7.40. The van der Waals surface area contributed by atoms with E-state index in [1.165, 1.54) is 0 Å². The number of hydrogen-bond donors (Lipinski definition) is 1. The highest BCUT2D eigenvalue weighted by molar-refractivity contribution is 9.10. The van der Waals surface area contributed by atoms with Gasteiger partial charge < -0.3 is 10.5 Å². The number of pyridine rings is 1. The van der Waals surface area contributed by atoms with Gasteiger partial charge in [-0.05, 0) is 29.3 Å². The van der Waals surface area contributed by atoms with E-state index in [0.29, 0.717) is 5.82 Å². The van der Waals surface area contributed by atoms with Crippen molar-refractivity contribution in [2.45, 2.75) is 5.92 Å². The van der Waals surface area contributed by atoms with E-state index in [1.54, 1.807) is 18.3 Å². The van der Waals surface area contributed by atoms with Crippen molar-refractivity contribution in [2.24, 2.45) is 0 Å². The van der Waals surface area contributed by atoms with Crippen LogP contribution in [0.5, 0.6) is 0 Å². The lowest BCUT2D eigenvalue weighted by Gasteiger charge is -2.13. The number of benzene rings is 1. The van der Waals surface area contributed by atoms with Gasteiger partial charge in [0.05, 0.1) is 5.92 Å². The van der Waals surface area contributed by atoms with E-state index in [9.17, 15) is 4.79 Å². The average Bonchev–Trinajstić information content (AvgIpc) is 2.33. The molecule has 0 aliphatic heterocycles. The molecule has 0 aliphatic rings. The summed E-state index contributed by atoms with van der Waals surface area (Å²) in [7, 11) is 0. The quantitative estimate of drug-likeness (QED) is 0.842. The number of nitrogen functional groups attached to an aromatic ring is 1. The molecule has 0 saturated carbocycles. The molecular weight excluding hydrogens is 360 g/mol. The Balaban J connectivity index is 0.00000162. The molecule has 1 aromatic carbocycles. The molecule has 2 aromatic rings. The maximum absolute atomic E-state index is 11.3. The summed E-state index contributed by atoms with van der Waals surface area (Å²) in [6.07, 6.45) is 2.52. The predicted octanol–water partition coefficient (Wildman–Crippen LogP) is 3.34. The van der Waals surface area contributed by atoms with E-state index < -0.39 is 0 Å². The van der Waals surface area contributed by atoms with Crippen molar-refractivity contribution < 1.29 is 4.79 Å². The maximum atomic E-state index is 11.3. The van der Waals surface area contributed by atoms with Crippen LogP contribution in [-0.2, 0) is 4.79 Å². The topological polar surface area (TPSA) is 56.0 Å². The first kappa shape index (κ1) is 14.9. The standard InChI is InChI=1S/C13H11BrN2O.BrH/c14-12-4-2-1-3-10(12)11(8-17)9-5-6-16-13(15)7-9;/h1-8,11H,(H2,15,16);1H. The van der Waals surface area contributed by atoms with Crippen LogP contribution < -0.4 is 5.73 Å². The number of carbonyl (C=O) groups is 1. The maximum Gasteiger partial charge on any atom is 0.131 e. The highest BCUT2D eigenvalue weighted by Gasteiger charge is 2.15. The van der Waals surface area contributed by atoms with Gasteiger partial charge in [-0.3, -0.25) is 0 Å². The van der Waals surface area contributed by atoms with Gasteiger partial charge in [-0.2, -0.15) is 0 Å². The zero-order valence-corrected chi connectivity index (χ0v) is 12.7. The van der Waals surface area contributed by atoms with Crippen LogP contribution in [0.15, 0.2) is 47.1 Å². The summed E-state index contributed by atoms with van der Waals surface area (Å²) >= 11 is 3.45. The van der Waals surface area contributed by atoms with Crippen molar-refractivity contribution in [1.82, 2.24) is 4.98 Å². The van der Waals surface area contributed by atoms with Gasteiger partial charge >= 0.3 is 0 Å². The number of anilines is 1. The molecule has 0 radical (unpaired) electrons. The summed E-state index contributed by atoms with van der Waals surface area (Å²) in [6, 6.07) is 11.2. The largest absolute Gasteiger partial charge is 0.384 e. The van der Waals surface area contributed by atoms with Crippen molar-refractivity contribution >= 4 is 45.0 Å². The van der Waals surface area contributed by atoms with Crippen LogP contribution in [0.1, 0.15) is 17.0 Å². The van der Waals surface area contributed by atoms with E-state index in [4.69, 9.17) is 5.73 Å². The second-order valence-corrected chi connectivity index (χ2v) is 4.50. The van der Waals surface area contributed by atoms with Crippen LogP contribution >= 0.6 is 32.9 Å². The van der Waals surface area contributed by atoms with Crippen molar-refractivity contribution in [3.05, 3.63) is 58.2 Å². The number of halogens is 2. The summed E-state index contributed by atoms with van der Waals surface area (Å²) in [5, 5.41) is 0. The van der Waals surface area contributed by atoms with E-state index >= 15 is 0 Å². The summed E-state index contributed by atoms with van der Waals surface area (Å²) in [5.74, 6) is 0.0947. The van der Waals surface area contributed by atoms with Gasteiger partial charge in [0.1, 0.15) is 12.1 Å². The van der Waals surface area contributed by atoms with Crippen molar-refractivity contribution in [1.29, 1.82) is 0 Å². The molecule has 0 fully saturated rings. The lowest BCUT2D eigenvalue weighted by atomic mass is 9.93. The zero-order chi connectivity index (χ0) is 12.3. The molecule has 2 rings (SSSR count). The van der Waals surface area contributed by atoms with Gasteiger partial charge in [-0.1, -0.05) is 34.1 Å². The monoisotopic (exact) mass is 370 g/mol. The van der Waals surface area contributed by atoms with Crippen LogP contribution in [0.2, 0.25) is 0 Å². The van der Waals surface area contributed by atoms with Gasteiger partial charge in [-0.15, -0.1) is 17.0 Å². The number of nitrogens with zero attached hydrogens (tertiary/aromatic N) is 1. The Morgan fingerprint density at radius 2 is 2.00 bits per heavy atom. The fourth-order valence-electron chi connectivity index (χ4n) is 1.72. The lowest BCUT2D eigenvalue weighted by molar-refractivity contribution is -0.108.